The number of aliphatic hydroxyl groups is 5. The minimum absolute atomic E-state index is 0.0325. The molecule has 4 rings (SSSR count). The van der Waals surface area contributed by atoms with E-state index in [1.54, 1.807) is 0 Å². The molecule has 3 fully saturated rings. The molecular formula is C25H42O5. The van der Waals surface area contributed by atoms with Crippen molar-refractivity contribution in [3.8, 4) is 0 Å². The molecule has 0 aromatic rings. The number of fused-ring (bicyclic) bond motifs is 2. The molecule has 4 aliphatic carbocycles. The molecule has 0 heterocycles. The molecule has 5 heteroatoms. The van der Waals surface area contributed by atoms with Crippen LogP contribution in [0.1, 0.15) is 73.1 Å². The maximum absolute atomic E-state index is 11.3. The van der Waals surface area contributed by atoms with Crippen molar-refractivity contribution < 1.29 is 25.5 Å². The Bertz CT molecular complexity index is 718. The van der Waals surface area contributed by atoms with Crippen molar-refractivity contribution in [1.82, 2.24) is 0 Å². The highest BCUT2D eigenvalue weighted by Crippen LogP contribution is 2.74. The lowest BCUT2D eigenvalue weighted by molar-refractivity contribution is -0.148. The van der Waals surface area contributed by atoms with Crippen molar-refractivity contribution in [3.63, 3.8) is 0 Å². The average molecular weight is 423 g/mol. The smallest absolute Gasteiger partial charge is 0.113 e. The first-order chi connectivity index (χ1) is 13.8. The summed E-state index contributed by atoms with van der Waals surface area (Å²) in [5, 5.41) is 52.4. The van der Waals surface area contributed by atoms with Crippen LogP contribution in [-0.2, 0) is 0 Å². The molecule has 0 amide bonds. The molecule has 5 N–H and O–H groups in total. The highest BCUT2D eigenvalue weighted by atomic mass is 16.4. The molecule has 30 heavy (non-hydrogen) atoms. The van der Waals surface area contributed by atoms with Crippen LogP contribution in [0.4, 0.5) is 0 Å². The van der Waals surface area contributed by atoms with Crippen molar-refractivity contribution in [2.75, 3.05) is 6.61 Å². The summed E-state index contributed by atoms with van der Waals surface area (Å²) in [7, 11) is 0. The van der Waals surface area contributed by atoms with Gasteiger partial charge in [-0.05, 0) is 80.0 Å². The molecule has 0 aromatic carbocycles. The lowest BCUT2D eigenvalue weighted by atomic mass is 9.49. The Labute approximate surface area is 181 Å². The highest BCUT2D eigenvalue weighted by Gasteiger charge is 2.69. The van der Waals surface area contributed by atoms with Gasteiger partial charge in [0.05, 0.1) is 18.8 Å². The van der Waals surface area contributed by atoms with Crippen molar-refractivity contribution in [1.29, 1.82) is 0 Å². The second-order valence-corrected chi connectivity index (χ2v) is 12.1. The largest absolute Gasteiger partial charge is 0.393 e. The fourth-order valence-corrected chi connectivity index (χ4v) is 8.78. The molecule has 1 spiro atoms. The predicted molar refractivity (Wildman–Crippen MR) is 115 cm³/mol. The number of rotatable bonds is 5. The van der Waals surface area contributed by atoms with Crippen molar-refractivity contribution in [3.05, 3.63) is 11.6 Å². The Balaban J connectivity index is 1.72. The second kappa shape index (κ2) is 7.02. The third-order valence-electron chi connectivity index (χ3n) is 10.1. The molecule has 0 aliphatic heterocycles. The van der Waals surface area contributed by atoms with E-state index in [0.717, 1.165) is 32.1 Å². The van der Waals surface area contributed by atoms with Gasteiger partial charge in [-0.25, -0.2) is 0 Å². The summed E-state index contributed by atoms with van der Waals surface area (Å²) >= 11 is 0. The van der Waals surface area contributed by atoms with Crippen LogP contribution in [0.25, 0.3) is 0 Å². The molecule has 4 aliphatic rings. The van der Waals surface area contributed by atoms with Gasteiger partial charge in [0.2, 0.25) is 0 Å². The van der Waals surface area contributed by atoms with Crippen molar-refractivity contribution in [2.24, 2.45) is 39.9 Å². The van der Waals surface area contributed by atoms with Crippen LogP contribution < -0.4 is 0 Å². The first kappa shape index (κ1) is 22.7. The topological polar surface area (TPSA) is 101 Å². The Morgan fingerprint density at radius 1 is 1.17 bits per heavy atom. The molecule has 0 saturated heterocycles. The Morgan fingerprint density at radius 2 is 1.83 bits per heavy atom. The maximum Gasteiger partial charge on any atom is 0.113 e. The summed E-state index contributed by atoms with van der Waals surface area (Å²) in [4.78, 5) is 0. The standard InChI is InChI=1S/C25H42O5/c1-14-10-19(28)25-15(2)6-7-16(25)20-22(3,11-17(14)25)8-9-23(20,4)12-18(27)21(29)24(5,30)13-26/h11,14-16,18-21,26-30H,6-10,12-13H2,1-5H3/t14-,15-,16-,18-,19+,20-,21-,22+,23+,24-,25+/m0/s1. The average Bonchev–Trinajstić information content (AvgIpc) is 3.23. The lowest BCUT2D eigenvalue weighted by Crippen LogP contribution is -2.54. The zero-order valence-corrected chi connectivity index (χ0v) is 19.3. The summed E-state index contributed by atoms with van der Waals surface area (Å²) in [6, 6.07) is 0. The van der Waals surface area contributed by atoms with Gasteiger partial charge >= 0.3 is 0 Å². The lowest BCUT2D eigenvalue weighted by Gasteiger charge is -2.55. The van der Waals surface area contributed by atoms with Crippen LogP contribution in [0.2, 0.25) is 0 Å². The molecule has 11 atom stereocenters. The van der Waals surface area contributed by atoms with Gasteiger partial charge in [-0.1, -0.05) is 39.3 Å². The second-order valence-electron chi connectivity index (χ2n) is 12.1. The number of hydrogen-bond donors (Lipinski definition) is 5. The number of allylic oxidation sites excluding steroid dienone is 1. The van der Waals surface area contributed by atoms with E-state index in [9.17, 15) is 25.5 Å². The van der Waals surface area contributed by atoms with Gasteiger partial charge in [0.1, 0.15) is 11.7 Å². The third kappa shape index (κ3) is 2.85. The molecular weight excluding hydrogens is 380 g/mol. The van der Waals surface area contributed by atoms with Gasteiger partial charge in [0, 0.05) is 5.41 Å². The van der Waals surface area contributed by atoms with Crippen LogP contribution in [0, 0.1) is 39.9 Å². The van der Waals surface area contributed by atoms with E-state index >= 15 is 0 Å². The molecule has 0 aromatic heterocycles. The summed E-state index contributed by atoms with van der Waals surface area (Å²) in [6.07, 6.45) is 5.16. The maximum atomic E-state index is 11.3. The minimum Gasteiger partial charge on any atom is -0.393 e. The summed E-state index contributed by atoms with van der Waals surface area (Å²) in [6.45, 7) is 9.92. The monoisotopic (exact) mass is 422 g/mol. The summed E-state index contributed by atoms with van der Waals surface area (Å²) in [5.74, 6) is 1.57. The summed E-state index contributed by atoms with van der Waals surface area (Å²) < 4.78 is 0. The third-order valence-corrected chi connectivity index (χ3v) is 10.1. The van der Waals surface area contributed by atoms with Gasteiger partial charge in [0.15, 0.2) is 0 Å². The number of hydrogen-bond acceptors (Lipinski definition) is 5. The SMILES string of the molecule is C[C@H]1C[C@@H](O)[C@@]23C1=C[C@@]1(C)CC[C@](C)(C[C@H](O)[C@H](O)[C@@](C)(O)CO)[C@H]1[C@@H]2CC[C@@H]3C. The molecule has 3 saturated carbocycles. The van der Waals surface area contributed by atoms with Crippen molar-refractivity contribution in [2.45, 2.75) is 97.1 Å². The van der Waals surface area contributed by atoms with Gasteiger partial charge < -0.3 is 25.5 Å². The Kier molecular flexibility index (Phi) is 5.32. The van der Waals surface area contributed by atoms with Gasteiger partial charge in [0.25, 0.3) is 0 Å². The normalized spacial score (nSPS) is 51.5. The van der Waals surface area contributed by atoms with Crippen LogP contribution in [0.15, 0.2) is 11.6 Å². The summed E-state index contributed by atoms with van der Waals surface area (Å²) in [5.41, 5.74) is -0.551. The Morgan fingerprint density at radius 3 is 2.47 bits per heavy atom. The Hall–Kier alpha value is -0.460. The quantitative estimate of drug-likeness (QED) is 0.439. The molecule has 0 unspecified atom stereocenters. The zero-order valence-electron chi connectivity index (χ0n) is 19.3. The zero-order chi connectivity index (χ0) is 22.3. The number of aliphatic hydroxyl groups excluding tert-OH is 4. The first-order valence-electron chi connectivity index (χ1n) is 11.9. The highest BCUT2D eigenvalue weighted by molar-refractivity contribution is 5.38. The van der Waals surface area contributed by atoms with Crippen molar-refractivity contribution >= 4 is 0 Å². The van der Waals surface area contributed by atoms with Crippen LogP contribution in [-0.4, -0.2) is 56.1 Å². The molecule has 5 nitrogen and oxygen atoms in total. The first-order valence-corrected chi connectivity index (χ1v) is 11.9. The van der Waals surface area contributed by atoms with Crippen LogP contribution in [0.5, 0.6) is 0 Å². The van der Waals surface area contributed by atoms with E-state index in [1.807, 2.05) is 0 Å². The molecule has 0 radical (unpaired) electrons. The van der Waals surface area contributed by atoms with E-state index in [2.05, 4.69) is 33.8 Å². The predicted octanol–water partition coefficient (Wildman–Crippen LogP) is 2.64. The van der Waals surface area contributed by atoms with Gasteiger partial charge in [-0.3, -0.25) is 0 Å². The van der Waals surface area contributed by atoms with Crippen LogP contribution >= 0.6 is 0 Å². The van der Waals surface area contributed by atoms with E-state index < -0.39 is 24.4 Å². The minimum atomic E-state index is -1.72. The van der Waals surface area contributed by atoms with E-state index in [4.69, 9.17) is 0 Å². The molecule has 172 valence electrons. The fraction of sp³-hybridized carbons (Fsp3) is 0.920. The molecule has 0 bridgehead atoms. The van der Waals surface area contributed by atoms with Crippen LogP contribution in [0.3, 0.4) is 0 Å². The van der Waals surface area contributed by atoms with E-state index in [0.29, 0.717) is 30.1 Å². The van der Waals surface area contributed by atoms with Gasteiger partial charge in [-0.15, -0.1) is 0 Å². The van der Waals surface area contributed by atoms with E-state index in [-0.39, 0.29) is 22.3 Å². The fourth-order valence-electron chi connectivity index (χ4n) is 8.78. The van der Waals surface area contributed by atoms with Gasteiger partial charge in [-0.2, -0.15) is 0 Å². The van der Waals surface area contributed by atoms with E-state index in [1.165, 1.54) is 12.5 Å².